The smallest absolute Gasteiger partial charge is 0.416 e. The van der Waals surface area contributed by atoms with Crippen molar-refractivity contribution in [2.75, 3.05) is 5.32 Å². The number of halogens is 3. The number of para-hydroxylation sites is 1. The molecule has 0 aliphatic heterocycles. The first-order valence-corrected chi connectivity index (χ1v) is 7.60. The lowest BCUT2D eigenvalue weighted by atomic mass is 10.2. The predicted molar refractivity (Wildman–Crippen MR) is 89.5 cm³/mol. The van der Waals surface area contributed by atoms with E-state index >= 15 is 0 Å². The van der Waals surface area contributed by atoms with Crippen LogP contribution in [0.25, 0.3) is 0 Å². The molecule has 0 unspecified atom stereocenters. The maximum atomic E-state index is 12.5. The summed E-state index contributed by atoms with van der Waals surface area (Å²) in [4.78, 5) is 4.22. The van der Waals surface area contributed by atoms with E-state index in [1.54, 1.807) is 12.3 Å². The van der Waals surface area contributed by atoms with Crippen molar-refractivity contribution >= 4 is 5.69 Å². The third kappa shape index (κ3) is 4.73. The van der Waals surface area contributed by atoms with Crippen LogP contribution in [0.4, 0.5) is 18.9 Å². The van der Waals surface area contributed by atoms with Gasteiger partial charge in [0.1, 0.15) is 5.75 Å². The summed E-state index contributed by atoms with van der Waals surface area (Å²) in [5.74, 6) is 1.18. The maximum Gasteiger partial charge on any atom is 0.416 e. The Bertz CT molecular complexity index is 801. The van der Waals surface area contributed by atoms with Crippen LogP contribution >= 0.6 is 0 Å². The van der Waals surface area contributed by atoms with Gasteiger partial charge < -0.3 is 10.1 Å². The summed E-state index contributed by atoms with van der Waals surface area (Å²) in [5.41, 5.74) is 0.833. The Morgan fingerprint density at radius 2 is 1.60 bits per heavy atom. The van der Waals surface area contributed by atoms with Gasteiger partial charge in [0.05, 0.1) is 5.56 Å². The van der Waals surface area contributed by atoms with E-state index in [1.165, 1.54) is 12.1 Å². The molecule has 0 radical (unpaired) electrons. The minimum Gasteiger partial charge on any atom is -0.439 e. The summed E-state index contributed by atoms with van der Waals surface area (Å²) < 4.78 is 43.2. The van der Waals surface area contributed by atoms with Gasteiger partial charge in [-0.2, -0.15) is 13.2 Å². The predicted octanol–water partition coefficient (Wildman–Crippen LogP) is 5.50. The number of hydrogen-bond acceptors (Lipinski definition) is 3. The SMILES string of the molecule is FC(F)(F)c1ccc(NCc2ccc(Oc3ccccc3)nc2)cc1. The Hall–Kier alpha value is -3.02. The minimum atomic E-state index is -4.32. The number of rotatable bonds is 5. The van der Waals surface area contributed by atoms with Gasteiger partial charge in [-0.15, -0.1) is 0 Å². The molecule has 1 heterocycles. The Labute approximate surface area is 143 Å². The van der Waals surface area contributed by atoms with Crippen LogP contribution in [0.5, 0.6) is 11.6 Å². The zero-order valence-corrected chi connectivity index (χ0v) is 13.1. The zero-order chi connectivity index (χ0) is 17.7. The fraction of sp³-hybridized carbons (Fsp3) is 0.105. The van der Waals surface area contributed by atoms with Crippen LogP contribution in [0.3, 0.4) is 0 Å². The molecule has 0 atom stereocenters. The molecule has 3 aromatic rings. The average molecular weight is 344 g/mol. The molecule has 0 saturated carbocycles. The van der Waals surface area contributed by atoms with Gasteiger partial charge in [0.2, 0.25) is 5.88 Å². The average Bonchev–Trinajstić information content (AvgIpc) is 2.62. The molecule has 0 amide bonds. The lowest BCUT2D eigenvalue weighted by molar-refractivity contribution is -0.137. The molecular weight excluding hydrogens is 329 g/mol. The number of anilines is 1. The van der Waals surface area contributed by atoms with Crippen LogP contribution in [0.15, 0.2) is 72.9 Å². The number of aromatic nitrogens is 1. The molecule has 0 spiro atoms. The second kappa shape index (κ2) is 7.25. The van der Waals surface area contributed by atoms with E-state index in [9.17, 15) is 13.2 Å². The summed E-state index contributed by atoms with van der Waals surface area (Å²) >= 11 is 0. The number of pyridine rings is 1. The Morgan fingerprint density at radius 3 is 2.20 bits per heavy atom. The molecule has 0 aliphatic rings. The highest BCUT2D eigenvalue weighted by Crippen LogP contribution is 2.29. The number of ether oxygens (including phenoxy) is 1. The lowest BCUT2D eigenvalue weighted by Crippen LogP contribution is -2.05. The van der Waals surface area contributed by atoms with E-state index < -0.39 is 11.7 Å². The Balaban J connectivity index is 1.57. The van der Waals surface area contributed by atoms with Crippen molar-refractivity contribution in [2.24, 2.45) is 0 Å². The number of nitrogens with one attached hydrogen (secondary N) is 1. The molecule has 0 bridgehead atoms. The van der Waals surface area contributed by atoms with Crippen molar-refractivity contribution in [3.8, 4) is 11.6 Å². The largest absolute Gasteiger partial charge is 0.439 e. The van der Waals surface area contributed by atoms with E-state index in [2.05, 4.69) is 10.3 Å². The van der Waals surface area contributed by atoms with Crippen LogP contribution in [-0.4, -0.2) is 4.98 Å². The highest BCUT2D eigenvalue weighted by molar-refractivity contribution is 5.45. The molecule has 1 N–H and O–H groups in total. The van der Waals surface area contributed by atoms with Gasteiger partial charge in [0, 0.05) is 24.5 Å². The molecule has 6 heteroatoms. The molecular formula is C19H15F3N2O. The monoisotopic (exact) mass is 344 g/mol. The third-order valence-corrected chi connectivity index (χ3v) is 3.47. The lowest BCUT2D eigenvalue weighted by Gasteiger charge is -2.10. The highest BCUT2D eigenvalue weighted by atomic mass is 19.4. The van der Waals surface area contributed by atoms with Crippen LogP contribution in [0, 0.1) is 0 Å². The van der Waals surface area contributed by atoms with Gasteiger partial charge in [-0.25, -0.2) is 4.98 Å². The number of nitrogens with zero attached hydrogens (tertiary/aromatic N) is 1. The molecule has 0 aliphatic carbocycles. The molecule has 0 fully saturated rings. The van der Waals surface area contributed by atoms with Gasteiger partial charge in [-0.3, -0.25) is 0 Å². The highest BCUT2D eigenvalue weighted by Gasteiger charge is 2.29. The summed E-state index contributed by atoms with van der Waals surface area (Å²) in [6.07, 6.45) is -2.66. The van der Waals surface area contributed by atoms with Crippen LogP contribution in [0.2, 0.25) is 0 Å². The quantitative estimate of drug-likeness (QED) is 0.663. The second-order valence-electron chi connectivity index (χ2n) is 5.35. The first kappa shape index (κ1) is 16.8. The third-order valence-electron chi connectivity index (χ3n) is 3.47. The van der Waals surface area contributed by atoms with Gasteiger partial charge in [0.25, 0.3) is 0 Å². The van der Waals surface area contributed by atoms with Crippen molar-refractivity contribution in [1.82, 2.24) is 4.98 Å². The first-order valence-electron chi connectivity index (χ1n) is 7.60. The van der Waals surface area contributed by atoms with Crippen molar-refractivity contribution in [1.29, 1.82) is 0 Å². The molecule has 2 aromatic carbocycles. The van der Waals surface area contributed by atoms with Gasteiger partial charge in [-0.05, 0) is 42.0 Å². The number of benzene rings is 2. The van der Waals surface area contributed by atoms with Gasteiger partial charge >= 0.3 is 6.18 Å². The normalized spacial score (nSPS) is 11.2. The number of hydrogen-bond donors (Lipinski definition) is 1. The summed E-state index contributed by atoms with van der Waals surface area (Å²) in [7, 11) is 0. The molecule has 25 heavy (non-hydrogen) atoms. The number of alkyl halides is 3. The van der Waals surface area contributed by atoms with Crippen molar-refractivity contribution in [3.63, 3.8) is 0 Å². The van der Waals surface area contributed by atoms with Gasteiger partial charge in [-0.1, -0.05) is 24.3 Å². The molecule has 3 nitrogen and oxygen atoms in total. The van der Waals surface area contributed by atoms with Crippen molar-refractivity contribution in [2.45, 2.75) is 12.7 Å². The zero-order valence-electron chi connectivity index (χ0n) is 13.1. The van der Waals surface area contributed by atoms with Crippen molar-refractivity contribution < 1.29 is 17.9 Å². The van der Waals surface area contributed by atoms with Crippen molar-refractivity contribution in [3.05, 3.63) is 84.1 Å². The molecule has 0 saturated heterocycles. The maximum absolute atomic E-state index is 12.5. The molecule has 3 rings (SSSR count). The summed E-state index contributed by atoms with van der Waals surface area (Å²) in [6.45, 7) is 0.448. The topological polar surface area (TPSA) is 34.1 Å². The van der Waals surface area contributed by atoms with Crippen LogP contribution in [-0.2, 0) is 12.7 Å². The van der Waals surface area contributed by atoms with E-state index in [1.807, 2.05) is 36.4 Å². The standard InChI is InChI=1S/C19H15F3N2O/c20-19(21,22)15-7-9-16(10-8-15)23-12-14-6-11-18(24-13-14)25-17-4-2-1-3-5-17/h1-11,13,23H,12H2. The Morgan fingerprint density at radius 1 is 0.880 bits per heavy atom. The molecule has 128 valence electrons. The fourth-order valence-corrected chi connectivity index (χ4v) is 2.17. The van der Waals surface area contributed by atoms with E-state index in [-0.39, 0.29) is 0 Å². The molecule has 1 aromatic heterocycles. The van der Waals surface area contributed by atoms with E-state index in [4.69, 9.17) is 4.74 Å². The second-order valence-corrected chi connectivity index (χ2v) is 5.35. The Kier molecular flexibility index (Phi) is 4.88. The van der Waals surface area contributed by atoms with Crippen LogP contribution in [0.1, 0.15) is 11.1 Å². The first-order chi connectivity index (χ1) is 12.0. The van der Waals surface area contributed by atoms with E-state index in [0.29, 0.717) is 23.9 Å². The minimum absolute atomic E-state index is 0.448. The van der Waals surface area contributed by atoms with E-state index in [0.717, 1.165) is 17.7 Å². The van der Waals surface area contributed by atoms with Gasteiger partial charge in [0.15, 0.2) is 0 Å². The summed E-state index contributed by atoms with van der Waals surface area (Å²) in [5, 5.41) is 3.06. The summed E-state index contributed by atoms with van der Waals surface area (Å²) in [6, 6.07) is 17.8. The van der Waals surface area contributed by atoms with Crippen LogP contribution < -0.4 is 10.1 Å². The fourth-order valence-electron chi connectivity index (χ4n) is 2.17.